The Morgan fingerprint density at radius 3 is 2.62 bits per heavy atom. The summed E-state index contributed by atoms with van der Waals surface area (Å²) in [5, 5.41) is 11.9. The van der Waals surface area contributed by atoms with Crippen LogP contribution < -0.4 is 10.1 Å². The number of hydrogen-bond acceptors (Lipinski definition) is 4. The number of ketones is 1. The summed E-state index contributed by atoms with van der Waals surface area (Å²) < 4.78 is 59.0. The molecule has 1 atom stereocenters. The van der Waals surface area contributed by atoms with Gasteiger partial charge in [-0.05, 0) is 54.4 Å². The standard InChI is InChI=1S/C24H16F4N2O2/c25-17-6-8-22-19(10-17)23(31)16(13-32-22)9-14-3-1-2-4-21(14)30-18-7-5-15(12-29)20(11-18)24(26,27)28/h1-8,10-11,16,30H,9,13H2. The molecule has 0 aromatic heterocycles. The van der Waals surface area contributed by atoms with Gasteiger partial charge in [-0.1, -0.05) is 18.2 Å². The Kier molecular flexibility index (Phi) is 5.57. The third kappa shape index (κ3) is 4.28. The molecule has 0 bridgehead atoms. The van der Waals surface area contributed by atoms with E-state index in [1.165, 1.54) is 18.2 Å². The molecule has 8 heteroatoms. The molecule has 0 radical (unpaired) electrons. The summed E-state index contributed by atoms with van der Waals surface area (Å²) in [6.45, 7) is 0.112. The zero-order valence-electron chi connectivity index (χ0n) is 16.5. The maximum atomic E-state index is 13.6. The zero-order chi connectivity index (χ0) is 22.9. The molecule has 3 aromatic carbocycles. The van der Waals surface area contributed by atoms with Crippen molar-refractivity contribution in [2.24, 2.45) is 5.92 Å². The molecule has 1 unspecified atom stereocenters. The van der Waals surface area contributed by atoms with Gasteiger partial charge in [-0.2, -0.15) is 18.4 Å². The van der Waals surface area contributed by atoms with E-state index in [-0.39, 0.29) is 30.1 Å². The molecule has 3 aromatic rings. The molecule has 1 aliphatic rings. The summed E-state index contributed by atoms with van der Waals surface area (Å²) >= 11 is 0. The molecule has 1 N–H and O–H groups in total. The van der Waals surface area contributed by atoms with E-state index in [2.05, 4.69) is 5.32 Å². The van der Waals surface area contributed by atoms with Gasteiger partial charge in [0.25, 0.3) is 0 Å². The molecule has 0 amide bonds. The highest BCUT2D eigenvalue weighted by atomic mass is 19.4. The maximum Gasteiger partial charge on any atom is 0.417 e. The van der Waals surface area contributed by atoms with Crippen molar-refractivity contribution in [3.8, 4) is 11.8 Å². The first-order chi connectivity index (χ1) is 15.3. The monoisotopic (exact) mass is 440 g/mol. The number of carbonyl (C=O) groups excluding carboxylic acids is 1. The molecule has 0 fully saturated rings. The number of ether oxygens (including phenoxy) is 1. The lowest BCUT2D eigenvalue weighted by Gasteiger charge is -2.25. The molecule has 1 heterocycles. The number of halogens is 4. The fourth-order valence-electron chi connectivity index (χ4n) is 3.65. The minimum Gasteiger partial charge on any atom is -0.492 e. The van der Waals surface area contributed by atoms with Crippen molar-refractivity contribution in [1.82, 2.24) is 0 Å². The molecule has 0 saturated carbocycles. The van der Waals surface area contributed by atoms with E-state index in [0.29, 0.717) is 17.0 Å². The van der Waals surface area contributed by atoms with Crippen molar-refractivity contribution in [1.29, 1.82) is 5.26 Å². The average Bonchev–Trinajstić information content (AvgIpc) is 2.76. The first-order valence-corrected chi connectivity index (χ1v) is 9.69. The molecule has 4 nitrogen and oxygen atoms in total. The Bertz CT molecular complexity index is 1230. The zero-order valence-corrected chi connectivity index (χ0v) is 16.5. The van der Waals surface area contributed by atoms with Crippen LogP contribution in [0.5, 0.6) is 5.75 Å². The Hall–Kier alpha value is -3.86. The number of Topliss-reactive ketones (excluding diaryl/α,β-unsaturated/α-hetero) is 1. The van der Waals surface area contributed by atoms with Gasteiger partial charge in [0.2, 0.25) is 0 Å². The van der Waals surface area contributed by atoms with E-state index >= 15 is 0 Å². The minimum atomic E-state index is -4.67. The van der Waals surface area contributed by atoms with Crippen LogP contribution in [0.4, 0.5) is 28.9 Å². The first kappa shape index (κ1) is 21.4. The maximum absolute atomic E-state index is 13.6. The molecular formula is C24H16F4N2O2. The summed E-state index contributed by atoms with van der Waals surface area (Å²) in [7, 11) is 0. The number of fused-ring (bicyclic) bond motifs is 1. The van der Waals surface area contributed by atoms with Crippen molar-refractivity contribution in [2.75, 3.05) is 11.9 Å². The fourth-order valence-corrected chi connectivity index (χ4v) is 3.65. The number of rotatable bonds is 4. The summed E-state index contributed by atoms with van der Waals surface area (Å²) in [6.07, 6.45) is -4.42. The molecule has 4 rings (SSSR count). The predicted octanol–water partition coefficient (Wildman–Crippen LogP) is 5.89. The first-order valence-electron chi connectivity index (χ1n) is 9.69. The van der Waals surface area contributed by atoms with Gasteiger partial charge in [0.1, 0.15) is 11.6 Å². The highest BCUT2D eigenvalue weighted by Gasteiger charge is 2.34. The second-order valence-electron chi connectivity index (χ2n) is 7.37. The Labute approximate surface area is 181 Å². The summed E-state index contributed by atoms with van der Waals surface area (Å²) in [4.78, 5) is 12.8. The normalized spacial score (nSPS) is 15.5. The van der Waals surface area contributed by atoms with Crippen molar-refractivity contribution >= 4 is 17.2 Å². The number of hydrogen-bond donors (Lipinski definition) is 1. The van der Waals surface area contributed by atoms with Crippen LogP contribution in [-0.2, 0) is 12.6 Å². The third-order valence-corrected chi connectivity index (χ3v) is 5.23. The van der Waals surface area contributed by atoms with Crippen molar-refractivity contribution in [3.63, 3.8) is 0 Å². The number of nitrogens with zero attached hydrogens (tertiary/aromatic N) is 1. The van der Waals surface area contributed by atoms with Crippen LogP contribution in [0, 0.1) is 23.1 Å². The van der Waals surface area contributed by atoms with Gasteiger partial charge in [0.05, 0.1) is 35.3 Å². The topological polar surface area (TPSA) is 62.1 Å². The Morgan fingerprint density at radius 1 is 1.09 bits per heavy atom. The Balaban J connectivity index is 1.60. The van der Waals surface area contributed by atoms with Gasteiger partial charge in [0.15, 0.2) is 5.78 Å². The number of benzene rings is 3. The number of nitrogens with one attached hydrogen (secondary N) is 1. The number of alkyl halides is 3. The molecule has 162 valence electrons. The number of para-hydroxylation sites is 1. The van der Waals surface area contributed by atoms with Crippen molar-refractivity contribution < 1.29 is 27.1 Å². The molecule has 0 spiro atoms. The van der Waals surface area contributed by atoms with Gasteiger partial charge in [0, 0.05) is 11.4 Å². The second-order valence-corrected chi connectivity index (χ2v) is 7.37. The smallest absolute Gasteiger partial charge is 0.417 e. The van der Waals surface area contributed by atoms with E-state index in [9.17, 15) is 22.4 Å². The minimum absolute atomic E-state index is 0.112. The molecular weight excluding hydrogens is 424 g/mol. The van der Waals surface area contributed by atoms with E-state index in [0.717, 1.165) is 18.2 Å². The molecule has 0 aliphatic carbocycles. The van der Waals surface area contributed by atoms with Crippen LogP contribution in [0.2, 0.25) is 0 Å². The number of carbonyl (C=O) groups is 1. The lowest BCUT2D eigenvalue weighted by atomic mass is 9.89. The van der Waals surface area contributed by atoms with Crippen LogP contribution in [0.25, 0.3) is 0 Å². The lowest BCUT2D eigenvalue weighted by molar-refractivity contribution is -0.137. The molecule has 1 aliphatic heterocycles. The van der Waals surface area contributed by atoms with Gasteiger partial charge in [-0.3, -0.25) is 4.79 Å². The van der Waals surface area contributed by atoms with Gasteiger partial charge < -0.3 is 10.1 Å². The Morgan fingerprint density at radius 2 is 1.88 bits per heavy atom. The number of nitriles is 1. The van der Waals surface area contributed by atoms with Gasteiger partial charge >= 0.3 is 6.18 Å². The average molecular weight is 440 g/mol. The molecule has 32 heavy (non-hydrogen) atoms. The van der Waals surface area contributed by atoms with E-state index < -0.39 is 29.0 Å². The van der Waals surface area contributed by atoms with Crippen LogP contribution in [0.3, 0.4) is 0 Å². The van der Waals surface area contributed by atoms with Crippen LogP contribution in [0.15, 0.2) is 60.7 Å². The van der Waals surface area contributed by atoms with Gasteiger partial charge in [-0.25, -0.2) is 4.39 Å². The summed E-state index contributed by atoms with van der Waals surface area (Å²) in [5.41, 5.74) is 0.0376. The van der Waals surface area contributed by atoms with Crippen molar-refractivity contribution in [3.05, 3.63) is 88.7 Å². The fraction of sp³-hybridized carbons (Fsp3) is 0.167. The van der Waals surface area contributed by atoms with E-state index in [1.54, 1.807) is 30.3 Å². The summed E-state index contributed by atoms with van der Waals surface area (Å²) in [5.74, 6) is -1.03. The van der Waals surface area contributed by atoms with Crippen LogP contribution in [-0.4, -0.2) is 12.4 Å². The number of anilines is 2. The summed E-state index contributed by atoms with van der Waals surface area (Å²) in [6, 6.07) is 15.6. The largest absolute Gasteiger partial charge is 0.492 e. The highest BCUT2D eigenvalue weighted by Crippen LogP contribution is 2.35. The van der Waals surface area contributed by atoms with Gasteiger partial charge in [-0.15, -0.1) is 0 Å². The van der Waals surface area contributed by atoms with Crippen LogP contribution in [0.1, 0.15) is 27.0 Å². The lowest BCUT2D eigenvalue weighted by Crippen LogP contribution is -2.29. The second kappa shape index (κ2) is 8.35. The SMILES string of the molecule is N#Cc1ccc(Nc2ccccc2CC2COc3ccc(F)cc3C2=O)cc1C(F)(F)F. The third-order valence-electron chi connectivity index (χ3n) is 5.23. The van der Waals surface area contributed by atoms with E-state index in [4.69, 9.17) is 10.00 Å². The van der Waals surface area contributed by atoms with Crippen molar-refractivity contribution in [2.45, 2.75) is 12.6 Å². The highest BCUT2D eigenvalue weighted by molar-refractivity contribution is 6.01. The predicted molar refractivity (Wildman–Crippen MR) is 109 cm³/mol. The van der Waals surface area contributed by atoms with Crippen LogP contribution >= 0.6 is 0 Å². The quantitative estimate of drug-likeness (QED) is 0.514. The molecule has 0 saturated heterocycles. The van der Waals surface area contributed by atoms with E-state index in [1.807, 2.05) is 0 Å².